The van der Waals surface area contributed by atoms with E-state index in [0.717, 1.165) is 12.8 Å². The van der Waals surface area contributed by atoms with Crippen molar-refractivity contribution in [2.24, 2.45) is 0 Å². The number of hydrogen-bond acceptors (Lipinski definition) is 5. The molecule has 0 unspecified atom stereocenters. The monoisotopic (exact) mass is 296 g/mol. The zero-order valence-corrected chi connectivity index (χ0v) is 12.6. The van der Waals surface area contributed by atoms with Crippen LogP contribution in [0.4, 0.5) is 0 Å². The summed E-state index contributed by atoms with van der Waals surface area (Å²) in [5.41, 5.74) is 0.653. The van der Waals surface area contributed by atoms with Gasteiger partial charge in [0.25, 0.3) is 0 Å². The number of ether oxygens (including phenoxy) is 1. The van der Waals surface area contributed by atoms with Crippen molar-refractivity contribution in [3.05, 3.63) is 35.9 Å². The molecule has 0 atom stereocenters. The molecule has 0 saturated carbocycles. The first kappa shape index (κ1) is 19.0. The number of para-hydroxylation sites is 2. The molecular weight excluding hydrogens is 272 g/mol. The summed E-state index contributed by atoms with van der Waals surface area (Å²) in [6.45, 7) is 4.16. The highest BCUT2D eigenvalue weighted by molar-refractivity contribution is 5.87. The maximum absolute atomic E-state index is 11.2. The summed E-state index contributed by atoms with van der Waals surface area (Å²) in [6, 6.07) is 6.15. The van der Waals surface area contributed by atoms with E-state index < -0.39 is 0 Å². The number of aliphatic hydroxyl groups is 1. The number of allylic oxidation sites excluding steroid dienone is 1. The molecule has 0 saturated heterocycles. The van der Waals surface area contributed by atoms with Crippen LogP contribution in [0.3, 0.4) is 0 Å². The van der Waals surface area contributed by atoms with E-state index in [1.165, 1.54) is 12.1 Å². The van der Waals surface area contributed by atoms with Crippen LogP contribution in [-0.2, 0) is 9.53 Å². The van der Waals surface area contributed by atoms with Crippen molar-refractivity contribution in [3.63, 3.8) is 0 Å². The number of rotatable bonds is 6. The first-order valence-electron chi connectivity index (χ1n) is 6.94. The molecule has 1 aromatic carbocycles. The maximum Gasteiger partial charge on any atom is 0.333 e. The molecule has 0 aliphatic rings. The Morgan fingerprint density at radius 2 is 1.81 bits per heavy atom. The van der Waals surface area contributed by atoms with Crippen LogP contribution in [-0.4, -0.2) is 34.5 Å². The van der Waals surface area contributed by atoms with Gasteiger partial charge in [-0.1, -0.05) is 31.6 Å². The normalized spacial score (nSPS) is 10.5. The van der Waals surface area contributed by atoms with Crippen LogP contribution in [0.15, 0.2) is 35.9 Å². The summed E-state index contributed by atoms with van der Waals surface area (Å²) >= 11 is 0. The number of hydrogen-bond donors (Lipinski definition) is 3. The topological polar surface area (TPSA) is 87.0 Å². The Labute approximate surface area is 125 Å². The van der Waals surface area contributed by atoms with E-state index in [9.17, 15) is 4.79 Å². The first-order valence-corrected chi connectivity index (χ1v) is 6.94. The number of phenolic OH excluding ortho intramolecular Hbond substituents is 2. The average molecular weight is 296 g/mol. The summed E-state index contributed by atoms with van der Waals surface area (Å²) in [5.74, 6) is -0.429. The minimum Gasteiger partial charge on any atom is -0.504 e. The maximum atomic E-state index is 11.2. The molecule has 3 N–H and O–H groups in total. The van der Waals surface area contributed by atoms with E-state index in [0.29, 0.717) is 18.6 Å². The summed E-state index contributed by atoms with van der Waals surface area (Å²) in [5, 5.41) is 25.8. The van der Waals surface area contributed by atoms with Crippen molar-refractivity contribution in [1.29, 1.82) is 0 Å². The fourth-order valence-corrected chi connectivity index (χ4v) is 1.25. The lowest BCUT2D eigenvalue weighted by molar-refractivity contribution is -0.139. The van der Waals surface area contributed by atoms with Gasteiger partial charge in [-0.25, -0.2) is 4.79 Å². The highest BCUT2D eigenvalue weighted by Gasteiger charge is 2.03. The molecule has 5 nitrogen and oxygen atoms in total. The van der Waals surface area contributed by atoms with Crippen LogP contribution in [0.1, 0.15) is 33.1 Å². The summed E-state index contributed by atoms with van der Waals surface area (Å²) in [6.07, 6.45) is 4.32. The molecule has 1 rings (SSSR count). The van der Waals surface area contributed by atoms with Gasteiger partial charge in [0.2, 0.25) is 0 Å². The van der Waals surface area contributed by atoms with Gasteiger partial charge < -0.3 is 20.1 Å². The zero-order chi connectivity index (χ0) is 16.1. The number of benzene rings is 1. The molecule has 1 aromatic rings. The van der Waals surface area contributed by atoms with E-state index in [-0.39, 0.29) is 24.1 Å². The smallest absolute Gasteiger partial charge is 0.333 e. The second-order valence-electron chi connectivity index (χ2n) is 4.38. The van der Waals surface area contributed by atoms with Crippen molar-refractivity contribution in [2.45, 2.75) is 33.1 Å². The molecule has 0 heterocycles. The molecule has 21 heavy (non-hydrogen) atoms. The van der Waals surface area contributed by atoms with Gasteiger partial charge in [-0.05, 0) is 25.5 Å². The average Bonchev–Trinajstić information content (AvgIpc) is 2.48. The molecule has 0 bridgehead atoms. The minimum atomic E-state index is -0.276. The zero-order valence-electron chi connectivity index (χ0n) is 12.6. The van der Waals surface area contributed by atoms with Crippen molar-refractivity contribution in [3.8, 4) is 11.5 Å². The molecule has 0 fully saturated rings. The lowest BCUT2D eigenvalue weighted by Gasteiger charge is -2.02. The number of esters is 1. The van der Waals surface area contributed by atoms with E-state index in [1.807, 2.05) is 6.08 Å². The number of carbonyl (C=O) groups excluding carboxylic acids is 1. The van der Waals surface area contributed by atoms with Crippen molar-refractivity contribution >= 4 is 5.97 Å². The van der Waals surface area contributed by atoms with Gasteiger partial charge in [0, 0.05) is 18.6 Å². The van der Waals surface area contributed by atoms with E-state index in [1.54, 1.807) is 19.1 Å². The van der Waals surface area contributed by atoms with E-state index >= 15 is 0 Å². The standard InChI is InChI=1S/C10H18O3.C6H6O2/c1-3-4-6-9(2)10(12)13-8-5-7-11;7-5-3-1-2-4-6(5)8/h6,11H,3-5,7-8H2,1-2H3;1-4,7-8H. The summed E-state index contributed by atoms with van der Waals surface area (Å²) < 4.78 is 4.87. The van der Waals surface area contributed by atoms with Crippen LogP contribution in [0.2, 0.25) is 0 Å². The Kier molecular flexibility index (Phi) is 10.7. The predicted octanol–water partition coefficient (Wildman–Crippen LogP) is 2.76. The highest BCUT2D eigenvalue weighted by atomic mass is 16.5. The van der Waals surface area contributed by atoms with Crippen LogP contribution >= 0.6 is 0 Å². The molecule has 0 aliphatic heterocycles. The largest absolute Gasteiger partial charge is 0.504 e. The first-order chi connectivity index (χ1) is 10.0. The molecule has 118 valence electrons. The lowest BCUT2D eigenvalue weighted by Crippen LogP contribution is -2.07. The van der Waals surface area contributed by atoms with Crippen molar-refractivity contribution in [1.82, 2.24) is 0 Å². The summed E-state index contributed by atoms with van der Waals surface area (Å²) in [7, 11) is 0. The minimum absolute atomic E-state index is 0.0605. The number of carbonyl (C=O) groups is 1. The number of unbranched alkanes of at least 4 members (excludes halogenated alkanes) is 1. The molecular formula is C16H24O5. The van der Waals surface area contributed by atoms with Gasteiger partial charge >= 0.3 is 5.97 Å². The third kappa shape index (κ3) is 9.51. The van der Waals surface area contributed by atoms with E-state index in [2.05, 4.69) is 6.92 Å². The highest BCUT2D eigenvalue weighted by Crippen LogP contribution is 2.21. The van der Waals surface area contributed by atoms with Crippen LogP contribution < -0.4 is 0 Å². The van der Waals surface area contributed by atoms with Crippen molar-refractivity contribution < 1.29 is 24.9 Å². The second-order valence-corrected chi connectivity index (χ2v) is 4.38. The molecule has 0 aromatic heterocycles. The Balaban J connectivity index is 0.000000423. The summed E-state index contributed by atoms with van der Waals surface area (Å²) in [4.78, 5) is 11.2. The Morgan fingerprint density at radius 1 is 1.24 bits per heavy atom. The second kappa shape index (κ2) is 11.8. The fraction of sp³-hybridized carbons (Fsp3) is 0.438. The Bertz CT molecular complexity index is 419. The lowest BCUT2D eigenvalue weighted by atomic mass is 10.2. The fourth-order valence-electron chi connectivity index (χ4n) is 1.25. The van der Waals surface area contributed by atoms with Gasteiger partial charge in [0.05, 0.1) is 6.61 Å². The van der Waals surface area contributed by atoms with Gasteiger partial charge in [0.1, 0.15) is 0 Å². The van der Waals surface area contributed by atoms with Gasteiger partial charge in [-0.3, -0.25) is 0 Å². The number of aromatic hydroxyl groups is 2. The molecule has 0 spiro atoms. The van der Waals surface area contributed by atoms with Gasteiger partial charge in [-0.15, -0.1) is 0 Å². The van der Waals surface area contributed by atoms with Crippen molar-refractivity contribution in [2.75, 3.05) is 13.2 Å². The van der Waals surface area contributed by atoms with Crippen LogP contribution in [0.5, 0.6) is 11.5 Å². The third-order valence-electron chi connectivity index (χ3n) is 2.48. The predicted molar refractivity (Wildman–Crippen MR) is 81.1 cm³/mol. The van der Waals surface area contributed by atoms with Gasteiger partial charge in [-0.2, -0.15) is 0 Å². The number of phenols is 2. The molecule has 5 heteroatoms. The third-order valence-corrected chi connectivity index (χ3v) is 2.48. The van der Waals surface area contributed by atoms with E-state index in [4.69, 9.17) is 20.1 Å². The molecule has 0 radical (unpaired) electrons. The molecule has 0 amide bonds. The SMILES string of the molecule is CCCC=C(C)C(=O)OCCCO.Oc1ccccc1O. The van der Waals surface area contributed by atoms with Crippen LogP contribution in [0.25, 0.3) is 0 Å². The Hall–Kier alpha value is -2.01. The molecule has 0 aliphatic carbocycles. The van der Waals surface area contributed by atoms with Gasteiger partial charge in [0.15, 0.2) is 11.5 Å². The number of aliphatic hydroxyl groups excluding tert-OH is 1. The Morgan fingerprint density at radius 3 is 2.24 bits per heavy atom. The quantitative estimate of drug-likeness (QED) is 0.325. The van der Waals surface area contributed by atoms with Crippen LogP contribution in [0, 0.1) is 0 Å².